The van der Waals surface area contributed by atoms with Crippen molar-refractivity contribution in [2.45, 2.75) is 31.1 Å². The molecular formula is C19H19ClS. The number of thiophene rings is 1. The fraction of sp³-hybridized carbons (Fsp3) is 0.263. The molecule has 0 N–H and O–H groups in total. The molecule has 21 heavy (non-hydrogen) atoms. The van der Waals surface area contributed by atoms with Gasteiger partial charge in [-0.05, 0) is 53.5 Å². The zero-order valence-corrected chi connectivity index (χ0v) is 13.5. The van der Waals surface area contributed by atoms with E-state index in [4.69, 9.17) is 11.6 Å². The Morgan fingerprint density at radius 1 is 0.952 bits per heavy atom. The lowest BCUT2D eigenvalue weighted by molar-refractivity contribution is 0.690. The predicted molar refractivity (Wildman–Crippen MR) is 94.6 cm³/mol. The van der Waals surface area contributed by atoms with Gasteiger partial charge in [0.2, 0.25) is 0 Å². The van der Waals surface area contributed by atoms with Crippen molar-refractivity contribution in [1.29, 1.82) is 0 Å². The SMILES string of the molecule is ClC(CCCc1cccs1)Cc1ccc2ccccc2c1. The number of hydrogen-bond acceptors (Lipinski definition) is 1. The van der Waals surface area contributed by atoms with Crippen LogP contribution >= 0.6 is 22.9 Å². The van der Waals surface area contributed by atoms with Crippen molar-refractivity contribution in [3.63, 3.8) is 0 Å². The number of benzene rings is 2. The maximum Gasteiger partial charge on any atom is 0.0376 e. The molecule has 1 atom stereocenters. The Morgan fingerprint density at radius 3 is 2.62 bits per heavy atom. The fourth-order valence-corrected chi connectivity index (χ4v) is 3.76. The minimum absolute atomic E-state index is 0.228. The van der Waals surface area contributed by atoms with E-state index in [0.717, 1.165) is 19.3 Å². The van der Waals surface area contributed by atoms with Gasteiger partial charge in [0.05, 0.1) is 0 Å². The first-order chi connectivity index (χ1) is 10.3. The maximum absolute atomic E-state index is 6.51. The Kier molecular flexibility index (Phi) is 4.95. The van der Waals surface area contributed by atoms with E-state index >= 15 is 0 Å². The molecule has 2 aromatic carbocycles. The van der Waals surface area contributed by atoms with Crippen molar-refractivity contribution in [2.24, 2.45) is 0 Å². The summed E-state index contributed by atoms with van der Waals surface area (Å²) in [5.41, 5.74) is 1.34. The Hall–Kier alpha value is -1.31. The monoisotopic (exact) mass is 314 g/mol. The van der Waals surface area contributed by atoms with Crippen LogP contribution in [0.2, 0.25) is 0 Å². The normalized spacial score (nSPS) is 12.6. The Morgan fingerprint density at radius 2 is 1.81 bits per heavy atom. The molecular weight excluding hydrogens is 296 g/mol. The lowest BCUT2D eigenvalue weighted by Gasteiger charge is -2.10. The number of rotatable bonds is 6. The number of alkyl halides is 1. The van der Waals surface area contributed by atoms with Crippen molar-refractivity contribution < 1.29 is 0 Å². The van der Waals surface area contributed by atoms with Crippen LogP contribution in [-0.2, 0) is 12.8 Å². The lowest BCUT2D eigenvalue weighted by atomic mass is 10.0. The second-order valence-electron chi connectivity index (χ2n) is 5.45. The lowest BCUT2D eigenvalue weighted by Crippen LogP contribution is -2.03. The van der Waals surface area contributed by atoms with E-state index in [1.807, 2.05) is 11.3 Å². The van der Waals surface area contributed by atoms with Crippen LogP contribution in [0.1, 0.15) is 23.3 Å². The van der Waals surface area contributed by atoms with E-state index in [1.54, 1.807) is 0 Å². The van der Waals surface area contributed by atoms with E-state index in [0.29, 0.717) is 0 Å². The molecule has 0 bridgehead atoms. The summed E-state index contributed by atoms with van der Waals surface area (Å²) in [5.74, 6) is 0. The average molecular weight is 315 g/mol. The van der Waals surface area contributed by atoms with Gasteiger partial charge >= 0.3 is 0 Å². The highest BCUT2D eigenvalue weighted by Gasteiger charge is 2.07. The molecule has 0 saturated heterocycles. The fourth-order valence-electron chi connectivity index (χ4n) is 2.68. The van der Waals surface area contributed by atoms with Crippen molar-refractivity contribution in [1.82, 2.24) is 0 Å². The molecule has 3 aromatic rings. The molecule has 0 fully saturated rings. The van der Waals surface area contributed by atoms with Crippen LogP contribution in [0.3, 0.4) is 0 Å². The number of halogens is 1. The summed E-state index contributed by atoms with van der Waals surface area (Å²) in [4.78, 5) is 1.46. The quantitative estimate of drug-likeness (QED) is 0.484. The van der Waals surface area contributed by atoms with Crippen LogP contribution < -0.4 is 0 Å². The zero-order valence-electron chi connectivity index (χ0n) is 12.0. The third-order valence-electron chi connectivity index (χ3n) is 3.79. The highest BCUT2D eigenvalue weighted by molar-refractivity contribution is 7.09. The minimum atomic E-state index is 0.228. The van der Waals surface area contributed by atoms with Crippen LogP contribution in [0, 0.1) is 0 Å². The molecule has 0 aliphatic heterocycles. The molecule has 0 radical (unpaired) electrons. The highest BCUT2D eigenvalue weighted by Crippen LogP contribution is 2.20. The van der Waals surface area contributed by atoms with Gasteiger partial charge in [0, 0.05) is 10.3 Å². The number of aryl methyl sites for hydroxylation is 1. The van der Waals surface area contributed by atoms with Crippen molar-refractivity contribution in [3.8, 4) is 0 Å². The first-order valence-corrected chi connectivity index (χ1v) is 8.77. The first kappa shape index (κ1) is 14.6. The van der Waals surface area contributed by atoms with Crippen LogP contribution in [0.25, 0.3) is 10.8 Å². The van der Waals surface area contributed by atoms with Crippen molar-refractivity contribution >= 4 is 33.7 Å². The van der Waals surface area contributed by atoms with Crippen LogP contribution in [0.5, 0.6) is 0 Å². The Balaban J connectivity index is 1.54. The van der Waals surface area contributed by atoms with Gasteiger partial charge in [-0.25, -0.2) is 0 Å². The number of hydrogen-bond donors (Lipinski definition) is 0. The first-order valence-electron chi connectivity index (χ1n) is 7.45. The van der Waals surface area contributed by atoms with Gasteiger partial charge in [-0.3, -0.25) is 0 Å². The summed E-state index contributed by atoms with van der Waals surface area (Å²) < 4.78 is 0. The third-order valence-corrected chi connectivity index (χ3v) is 5.10. The summed E-state index contributed by atoms with van der Waals surface area (Å²) in [6.07, 6.45) is 4.35. The van der Waals surface area contributed by atoms with Crippen LogP contribution in [0.4, 0.5) is 0 Å². The third kappa shape index (κ3) is 4.09. The molecule has 0 aliphatic carbocycles. The van der Waals surface area contributed by atoms with E-state index in [9.17, 15) is 0 Å². The van der Waals surface area contributed by atoms with Gasteiger partial charge in [0.25, 0.3) is 0 Å². The molecule has 0 nitrogen and oxygen atoms in total. The number of fused-ring (bicyclic) bond motifs is 1. The molecule has 0 aliphatic rings. The largest absolute Gasteiger partial charge is 0.149 e. The van der Waals surface area contributed by atoms with Crippen molar-refractivity contribution in [3.05, 3.63) is 70.4 Å². The summed E-state index contributed by atoms with van der Waals surface area (Å²) >= 11 is 8.35. The smallest absolute Gasteiger partial charge is 0.0376 e. The molecule has 3 rings (SSSR count). The summed E-state index contributed by atoms with van der Waals surface area (Å²) in [6, 6.07) is 19.5. The molecule has 0 saturated carbocycles. The van der Waals surface area contributed by atoms with Gasteiger partial charge < -0.3 is 0 Å². The molecule has 0 spiro atoms. The van der Waals surface area contributed by atoms with Gasteiger partial charge in [-0.2, -0.15) is 0 Å². The molecule has 1 aromatic heterocycles. The average Bonchev–Trinajstić information content (AvgIpc) is 3.00. The second kappa shape index (κ2) is 7.11. The zero-order chi connectivity index (χ0) is 14.5. The van der Waals surface area contributed by atoms with E-state index < -0.39 is 0 Å². The predicted octanol–water partition coefficient (Wildman–Crippen LogP) is 6.07. The molecule has 0 amide bonds. The van der Waals surface area contributed by atoms with Crippen molar-refractivity contribution in [2.75, 3.05) is 0 Å². The van der Waals surface area contributed by atoms with E-state index in [1.165, 1.54) is 27.6 Å². The van der Waals surface area contributed by atoms with Gasteiger partial charge in [0.15, 0.2) is 0 Å². The molecule has 2 heteroatoms. The highest BCUT2D eigenvalue weighted by atomic mass is 35.5. The molecule has 1 unspecified atom stereocenters. The van der Waals surface area contributed by atoms with Gasteiger partial charge in [-0.15, -0.1) is 22.9 Å². The van der Waals surface area contributed by atoms with Crippen LogP contribution in [0.15, 0.2) is 60.0 Å². The standard InChI is InChI=1S/C19H19ClS/c20-18(7-3-8-19-9-4-12-21-19)14-15-10-11-16-5-1-2-6-17(16)13-15/h1-2,4-6,9-13,18H,3,7-8,14H2. The molecule has 108 valence electrons. The minimum Gasteiger partial charge on any atom is -0.149 e. The maximum atomic E-state index is 6.51. The Labute approximate surface area is 135 Å². The van der Waals surface area contributed by atoms with Gasteiger partial charge in [0.1, 0.15) is 0 Å². The summed E-state index contributed by atoms with van der Waals surface area (Å²) in [5, 5.41) is 4.97. The van der Waals surface area contributed by atoms with Crippen LogP contribution in [-0.4, -0.2) is 5.38 Å². The summed E-state index contributed by atoms with van der Waals surface area (Å²) in [6.45, 7) is 0. The van der Waals surface area contributed by atoms with E-state index in [-0.39, 0.29) is 5.38 Å². The Bertz CT molecular complexity index is 688. The second-order valence-corrected chi connectivity index (χ2v) is 7.10. The van der Waals surface area contributed by atoms with Gasteiger partial charge in [-0.1, -0.05) is 48.5 Å². The molecule has 1 heterocycles. The summed E-state index contributed by atoms with van der Waals surface area (Å²) in [7, 11) is 0. The topological polar surface area (TPSA) is 0 Å². The van der Waals surface area contributed by atoms with E-state index in [2.05, 4.69) is 60.0 Å².